The maximum absolute atomic E-state index is 11.4. The first-order valence-electron chi connectivity index (χ1n) is 4.17. The Morgan fingerprint density at radius 3 is 3.00 bits per heavy atom. The second-order valence-electron chi connectivity index (χ2n) is 3.22. The summed E-state index contributed by atoms with van der Waals surface area (Å²) < 4.78 is 1.87. The summed E-state index contributed by atoms with van der Waals surface area (Å²) in [6, 6.07) is 0.533. The molecule has 4 nitrogen and oxygen atoms in total. The molecule has 0 bridgehead atoms. The van der Waals surface area contributed by atoms with Gasteiger partial charge < -0.3 is 5.32 Å². The highest BCUT2D eigenvalue weighted by atomic mass is 79.9. The lowest BCUT2D eigenvalue weighted by atomic mass is 10.4. The van der Waals surface area contributed by atoms with Crippen LogP contribution in [0.1, 0.15) is 12.8 Å². The molecule has 1 aliphatic rings. The molecule has 0 amide bonds. The van der Waals surface area contributed by atoms with Crippen LogP contribution in [0.3, 0.4) is 0 Å². The Morgan fingerprint density at radius 1 is 1.69 bits per heavy atom. The van der Waals surface area contributed by atoms with Crippen LogP contribution < -0.4 is 10.9 Å². The lowest BCUT2D eigenvalue weighted by Gasteiger charge is -2.06. The fraction of sp³-hybridized carbons (Fsp3) is 0.500. The topological polar surface area (TPSA) is 46.9 Å². The Bertz CT molecular complexity index is 383. The SMILES string of the molecule is Cn1ncc(NC2CC2)c(Br)c1=O. The molecule has 1 saturated carbocycles. The van der Waals surface area contributed by atoms with Crippen molar-refractivity contribution in [3.63, 3.8) is 0 Å². The predicted octanol–water partition coefficient (Wildman–Crippen LogP) is 1.12. The van der Waals surface area contributed by atoms with E-state index >= 15 is 0 Å². The standard InChI is InChI=1S/C8H10BrN3O/c1-12-8(13)7(9)6(4-10-12)11-5-2-3-5/h4-5,11H,2-3H2,1H3. The normalized spacial score (nSPS) is 15.8. The van der Waals surface area contributed by atoms with E-state index in [0.717, 1.165) is 5.69 Å². The van der Waals surface area contributed by atoms with Crippen LogP contribution in [-0.2, 0) is 7.05 Å². The fourth-order valence-electron chi connectivity index (χ4n) is 1.06. The van der Waals surface area contributed by atoms with Gasteiger partial charge in [-0.05, 0) is 28.8 Å². The molecule has 2 rings (SSSR count). The van der Waals surface area contributed by atoms with E-state index in [0.29, 0.717) is 10.5 Å². The van der Waals surface area contributed by atoms with E-state index in [1.807, 2.05) is 0 Å². The van der Waals surface area contributed by atoms with Crippen LogP contribution >= 0.6 is 15.9 Å². The van der Waals surface area contributed by atoms with Gasteiger partial charge in [0.05, 0.1) is 11.9 Å². The number of hydrogen-bond donors (Lipinski definition) is 1. The van der Waals surface area contributed by atoms with E-state index < -0.39 is 0 Å². The molecule has 1 aromatic heterocycles. The van der Waals surface area contributed by atoms with Crippen molar-refractivity contribution in [1.82, 2.24) is 9.78 Å². The minimum Gasteiger partial charge on any atom is -0.380 e. The Morgan fingerprint density at radius 2 is 2.38 bits per heavy atom. The quantitative estimate of drug-likeness (QED) is 0.847. The van der Waals surface area contributed by atoms with Crippen LogP contribution in [0.15, 0.2) is 15.5 Å². The first-order valence-corrected chi connectivity index (χ1v) is 4.96. The van der Waals surface area contributed by atoms with E-state index in [2.05, 4.69) is 26.3 Å². The molecule has 0 atom stereocenters. The molecule has 1 aliphatic carbocycles. The van der Waals surface area contributed by atoms with Gasteiger partial charge in [-0.25, -0.2) is 4.68 Å². The summed E-state index contributed by atoms with van der Waals surface area (Å²) in [6.07, 6.45) is 4.03. The molecular weight excluding hydrogens is 234 g/mol. The first kappa shape index (κ1) is 8.74. The van der Waals surface area contributed by atoms with Gasteiger partial charge in [0.2, 0.25) is 0 Å². The summed E-state index contributed by atoms with van der Waals surface area (Å²) in [4.78, 5) is 11.4. The number of halogens is 1. The Balaban J connectivity index is 2.34. The van der Waals surface area contributed by atoms with Crippen LogP contribution in [0.5, 0.6) is 0 Å². The van der Waals surface area contributed by atoms with Crippen LogP contribution in [0.2, 0.25) is 0 Å². The van der Waals surface area contributed by atoms with Crippen molar-refractivity contribution < 1.29 is 0 Å². The van der Waals surface area contributed by atoms with Gasteiger partial charge in [-0.3, -0.25) is 4.79 Å². The van der Waals surface area contributed by atoms with Crippen LogP contribution in [0.25, 0.3) is 0 Å². The van der Waals surface area contributed by atoms with Gasteiger partial charge in [-0.15, -0.1) is 0 Å². The second-order valence-corrected chi connectivity index (χ2v) is 4.01. The second kappa shape index (κ2) is 3.14. The number of hydrogen-bond acceptors (Lipinski definition) is 3. The van der Waals surface area contributed by atoms with Crippen LogP contribution in [-0.4, -0.2) is 15.8 Å². The zero-order valence-corrected chi connectivity index (χ0v) is 8.84. The third-order valence-electron chi connectivity index (χ3n) is 2.02. The third kappa shape index (κ3) is 1.75. The van der Waals surface area contributed by atoms with Gasteiger partial charge in [0.15, 0.2) is 0 Å². The molecule has 0 aromatic carbocycles. The average Bonchev–Trinajstić information content (AvgIpc) is 2.90. The maximum Gasteiger partial charge on any atom is 0.282 e. The zero-order chi connectivity index (χ0) is 9.42. The fourth-order valence-corrected chi connectivity index (χ4v) is 1.53. The van der Waals surface area contributed by atoms with Crippen molar-refractivity contribution in [3.8, 4) is 0 Å². The molecule has 13 heavy (non-hydrogen) atoms. The molecule has 0 aliphatic heterocycles. The van der Waals surface area contributed by atoms with Crippen molar-refractivity contribution >= 4 is 21.6 Å². The van der Waals surface area contributed by atoms with E-state index in [4.69, 9.17) is 0 Å². The number of anilines is 1. The molecule has 1 N–H and O–H groups in total. The first-order chi connectivity index (χ1) is 6.18. The zero-order valence-electron chi connectivity index (χ0n) is 7.25. The molecule has 1 aromatic rings. The summed E-state index contributed by atoms with van der Waals surface area (Å²) in [6.45, 7) is 0. The molecule has 1 fully saturated rings. The van der Waals surface area contributed by atoms with Gasteiger partial charge in [0, 0.05) is 13.1 Å². The highest BCUT2D eigenvalue weighted by molar-refractivity contribution is 9.10. The van der Waals surface area contributed by atoms with Gasteiger partial charge in [0.1, 0.15) is 4.47 Å². The molecule has 70 valence electrons. The van der Waals surface area contributed by atoms with E-state index in [1.54, 1.807) is 13.2 Å². The molecule has 1 heterocycles. The van der Waals surface area contributed by atoms with Crippen molar-refractivity contribution in [2.24, 2.45) is 7.05 Å². The molecule has 0 radical (unpaired) electrons. The Hall–Kier alpha value is -0.840. The largest absolute Gasteiger partial charge is 0.380 e. The summed E-state index contributed by atoms with van der Waals surface area (Å²) in [5.74, 6) is 0. The number of rotatable bonds is 2. The van der Waals surface area contributed by atoms with Crippen LogP contribution in [0, 0.1) is 0 Å². The van der Waals surface area contributed by atoms with E-state index in [1.165, 1.54) is 17.5 Å². The lowest BCUT2D eigenvalue weighted by Crippen LogP contribution is -2.21. The van der Waals surface area contributed by atoms with Crippen molar-refractivity contribution in [2.75, 3.05) is 5.32 Å². The van der Waals surface area contributed by atoms with Crippen molar-refractivity contribution in [2.45, 2.75) is 18.9 Å². The van der Waals surface area contributed by atoms with Gasteiger partial charge >= 0.3 is 0 Å². The van der Waals surface area contributed by atoms with Gasteiger partial charge in [0.25, 0.3) is 5.56 Å². The number of nitrogens with one attached hydrogen (secondary N) is 1. The predicted molar refractivity (Wildman–Crippen MR) is 53.8 cm³/mol. The Kier molecular flexibility index (Phi) is 2.11. The smallest absolute Gasteiger partial charge is 0.282 e. The molecule has 5 heteroatoms. The lowest BCUT2D eigenvalue weighted by molar-refractivity contribution is 0.703. The van der Waals surface area contributed by atoms with Gasteiger partial charge in [-0.2, -0.15) is 5.10 Å². The Labute approximate surface area is 84.1 Å². The summed E-state index contributed by atoms with van der Waals surface area (Å²) in [5, 5.41) is 7.16. The number of aromatic nitrogens is 2. The number of aryl methyl sites for hydroxylation is 1. The average molecular weight is 244 g/mol. The third-order valence-corrected chi connectivity index (χ3v) is 2.78. The molecular formula is C8H10BrN3O. The minimum atomic E-state index is -0.106. The summed E-state index contributed by atoms with van der Waals surface area (Å²) in [5.41, 5.74) is 0.691. The molecule has 0 spiro atoms. The maximum atomic E-state index is 11.4. The van der Waals surface area contributed by atoms with Crippen LogP contribution in [0.4, 0.5) is 5.69 Å². The van der Waals surface area contributed by atoms with Gasteiger partial charge in [-0.1, -0.05) is 0 Å². The van der Waals surface area contributed by atoms with Crippen molar-refractivity contribution in [3.05, 3.63) is 21.0 Å². The number of nitrogens with zero attached hydrogens (tertiary/aromatic N) is 2. The summed E-state index contributed by atoms with van der Waals surface area (Å²) >= 11 is 3.25. The highest BCUT2D eigenvalue weighted by Crippen LogP contribution is 2.26. The van der Waals surface area contributed by atoms with E-state index in [9.17, 15) is 4.79 Å². The highest BCUT2D eigenvalue weighted by Gasteiger charge is 2.22. The summed E-state index contributed by atoms with van der Waals surface area (Å²) in [7, 11) is 1.63. The molecule has 0 saturated heterocycles. The minimum absolute atomic E-state index is 0.106. The monoisotopic (exact) mass is 243 g/mol. The molecule has 0 unspecified atom stereocenters. The van der Waals surface area contributed by atoms with E-state index in [-0.39, 0.29) is 5.56 Å². The van der Waals surface area contributed by atoms with Crippen molar-refractivity contribution in [1.29, 1.82) is 0 Å².